The third-order valence-corrected chi connectivity index (χ3v) is 4.78. The standard InChI is InChI=1S/C13H18FN3O5S/c1-16(2)23(21,22)11-8-9(4-5-10(11)14)15-13(20)17(3)7-6-12(18)19/h4-5,8H,6-7H2,1-3H3,(H,15,20)(H,18,19). The lowest BCUT2D eigenvalue weighted by Crippen LogP contribution is -2.33. The van der Waals surface area contributed by atoms with Gasteiger partial charge in [-0.1, -0.05) is 0 Å². The van der Waals surface area contributed by atoms with Crippen molar-refractivity contribution in [3.8, 4) is 0 Å². The summed E-state index contributed by atoms with van der Waals surface area (Å²) < 4.78 is 38.6. The maximum Gasteiger partial charge on any atom is 0.321 e. The Hall–Kier alpha value is -2.20. The molecule has 128 valence electrons. The van der Waals surface area contributed by atoms with Gasteiger partial charge in [-0.25, -0.2) is 21.9 Å². The number of carboxylic acids is 1. The van der Waals surface area contributed by atoms with Crippen molar-refractivity contribution >= 4 is 27.7 Å². The second-order valence-corrected chi connectivity index (χ2v) is 7.05. The minimum Gasteiger partial charge on any atom is -0.481 e. The number of sulfonamides is 1. The lowest BCUT2D eigenvalue weighted by molar-refractivity contribution is -0.137. The minimum absolute atomic E-state index is 0.0226. The molecule has 8 nitrogen and oxygen atoms in total. The van der Waals surface area contributed by atoms with Crippen LogP contribution in [-0.4, -0.2) is 62.4 Å². The second-order valence-electron chi connectivity index (χ2n) is 4.93. The Bertz CT molecular complexity index is 706. The first kappa shape index (κ1) is 18.8. The SMILES string of the molecule is CN(CCC(=O)O)C(=O)Nc1ccc(F)c(S(=O)(=O)N(C)C)c1. The average Bonchev–Trinajstić information content (AvgIpc) is 2.46. The molecule has 2 amide bonds. The number of urea groups is 1. The summed E-state index contributed by atoms with van der Waals surface area (Å²) in [5.74, 6) is -1.98. The number of carbonyl (C=O) groups is 2. The molecular weight excluding hydrogens is 329 g/mol. The zero-order valence-electron chi connectivity index (χ0n) is 12.9. The fourth-order valence-corrected chi connectivity index (χ4v) is 2.54. The molecule has 0 saturated carbocycles. The van der Waals surface area contributed by atoms with Crippen molar-refractivity contribution in [2.75, 3.05) is 33.0 Å². The van der Waals surface area contributed by atoms with Gasteiger partial charge in [0, 0.05) is 33.4 Å². The molecule has 0 bridgehead atoms. The van der Waals surface area contributed by atoms with Crippen molar-refractivity contribution in [3.05, 3.63) is 24.0 Å². The number of aliphatic carboxylic acids is 1. The van der Waals surface area contributed by atoms with Crippen molar-refractivity contribution < 1.29 is 27.5 Å². The number of hydrogen-bond donors (Lipinski definition) is 2. The van der Waals surface area contributed by atoms with Gasteiger partial charge in [0.05, 0.1) is 6.42 Å². The number of rotatable bonds is 6. The normalized spacial score (nSPS) is 11.3. The van der Waals surface area contributed by atoms with Crippen LogP contribution in [0.1, 0.15) is 6.42 Å². The van der Waals surface area contributed by atoms with E-state index in [9.17, 15) is 22.4 Å². The number of amides is 2. The van der Waals surface area contributed by atoms with Crippen LogP contribution in [0.15, 0.2) is 23.1 Å². The molecule has 10 heteroatoms. The number of nitrogens with one attached hydrogen (secondary N) is 1. The molecule has 0 aliphatic heterocycles. The zero-order valence-corrected chi connectivity index (χ0v) is 13.7. The zero-order chi connectivity index (χ0) is 17.8. The van der Waals surface area contributed by atoms with E-state index in [0.717, 1.165) is 21.3 Å². The number of carbonyl (C=O) groups excluding carboxylic acids is 1. The van der Waals surface area contributed by atoms with Gasteiger partial charge in [0.1, 0.15) is 10.7 Å². The van der Waals surface area contributed by atoms with E-state index in [2.05, 4.69) is 5.32 Å². The maximum absolute atomic E-state index is 13.7. The molecule has 0 aliphatic rings. The lowest BCUT2D eigenvalue weighted by atomic mass is 10.3. The molecule has 0 unspecified atom stereocenters. The number of halogens is 1. The van der Waals surface area contributed by atoms with Gasteiger partial charge in [-0.05, 0) is 18.2 Å². The Kier molecular flexibility index (Phi) is 6.05. The van der Waals surface area contributed by atoms with E-state index in [0.29, 0.717) is 0 Å². The van der Waals surface area contributed by atoms with Crippen LogP contribution in [0.2, 0.25) is 0 Å². The molecule has 0 aliphatic carbocycles. The summed E-state index contributed by atoms with van der Waals surface area (Å²) >= 11 is 0. The molecule has 2 N–H and O–H groups in total. The first-order chi connectivity index (χ1) is 10.6. The third kappa shape index (κ3) is 4.89. The summed E-state index contributed by atoms with van der Waals surface area (Å²) in [7, 11) is -0.0765. The molecule has 0 heterocycles. The largest absolute Gasteiger partial charge is 0.481 e. The fraction of sp³-hybridized carbons (Fsp3) is 0.385. The lowest BCUT2D eigenvalue weighted by Gasteiger charge is -2.18. The van der Waals surface area contributed by atoms with E-state index in [-0.39, 0.29) is 18.7 Å². The van der Waals surface area contributed by atoms with E-state index in [1.165, 1.54) is 27.2 Å². The molecule has 1 rings (SSSR count). The second kappa shape index (κ2) is 7.38. The van der Waals surface area contributed by atoms with Crippen LogP contribution >= 0.6 is 0 Å². The van der Waals surface area contributed by atoms with E-state index < -0.39 is 32.7 Å². The van der Waals surface area contributed by atoms with Gasteiger partial charge < -0.3 is 15.3 Å². The number of hydrogen-bond acceptors (Lipinski definition) is 4. The van der Waals surface area contributed by atoms with Crippen molar-refractivity contribution in [1.82, 2.24) is 9.21 Å². The first-order valence-corrected chi connectivity index (χ1v) is 7.95. The summed E-state index contributed by atoms with van der Waals surface area (Å²) in [5, 5.41) is 11.0. The van der Waals surface area contributed by atoms with Crippen LogP contribution in [0.25, 0.3) is 0 Å². The van der Waals surface area contributed by atoms with E-state index in [4.69, 9.17) is 5.11 Å². The number of anilines is 1. The summed E-state index contributed by atoms with van der Waals surface area (Å²) in [5.41, 5.74) is 0.0824. The minimum atomic E-state index is -3.99. The quantitative estimate of drug-likeness (QED) is 0.799. The molecule has 1 aromatic rings. The third-order valence-electron chi connectivity index (χ3n) is 2.95. The summed E-state index contributed by atoms with van der Waals surface area (Å²) in [6.07, 6.45) is -0.229. The molecule has 0 atom stereocenters. The highest BCUT2D eigenvalue weighted by Crippen LogP contribution is 2.22. The highest BCUT2D eigenvalue weighted by Gasteiger charge is 2.22. The monoisotopic (exact) mass is 347 g/mol. The molecule has 0 saturated heterocycles. The van der Waals surface area contributed by atoms with Crippen LogP contribution in [0.5, 0.6) is 0 Å². The van der Waals surface area contributed by atoms with Gasteiger partial charge in [-0.15, -0.1) is 0 Å². The number of carboxylic acid groups (broad SMARTS) is 1. The van der Waals surface area contributed by atoms with Crippen LogP contribution in [-0.2, 0) is 14.8 Å². The molecular formula is C13H18FN3O5S. The Labute approximate surface area is 133 Å². The van der Waals surface area contributed by atoms with Crippen LogP contribution in [0.3, 0.4) is 0 Å². The molecule has 0 radical (unpaired) electrons. The highest BCUT2D eigenvalue weighted by molar-refractivity contribution is 7.89. The number of nitrogens with zero attached hydrogens (tertiary/aromatic N) is 2. The first-order valence-electron chi connectivity index (χ1n) is 6.51. The predicted molar refractivity (Wildman–Crippen MR) is 81.2 cm³/mol. The van der Waals surface area contributed by atoms with Crippen LogP contribution < -0.4 is 5.32 Å². The van der Waals surface area contributed by atoms with Crippen LogP contribution in [0, 0.1) is 5.82 Å². The van der Waals surface area contributed by atoms with Gasteiger partial charge in [-0.2, -0.15) is 0 Å². The fourth-order valence-electron chi connectivity index (χ4n) is 1.56. The Morgan fingerprint density at radius 3 is 2.39 bits per heavy atom. The molecule has 1 aromatic carbocycles. The average molecular weight is 347 g/mol. The van der Waals surface area contributed by atoms with Gasteiger partial charge >= 0.3 is 12.0 Å². The molecule has 0 spiro atoms. The highest BCUT2D eigenvalue weighted by atomic mass is 32.2. The van der Waals surface area contributed by atoms with Crippen LogP contribution in [0.4, 0.5) is 14.9 Å². The summed E-state index contributed by atoms with van der Waals surface area (Å²) in [6, 6.07) is 2.52. The predicted octanol–water partition coefficient (Wildman–Crippen LogP) is 1.01. The Morgan fingerprint density at radius 2 is 1.87 bits per heavy atom. The molecule has 0 aromatic heterocycles. The van der Waals surface area contributed by atoms with Gasteiger partial charge in [-0.3, -0.25) is 4.79 Å². The topological polar surface area (TPSA) is 107 Å². The smallest absolute Gasteiger partial charge is 0.321 e. The van der Waals surface area contributed by atoms with Crippen molar-refractivity contribution in [2.45, 2.75) is 11.3 Å². The van der Waals surface area contributed by atoms with Gasteiger partial charge in [0.2, 0.25) is 10.0 Å². The Morgan fingerprint density at radius 1 is 1.26 bits per heavy atom. The van der Waals surface area contributed by atoms with E-state index in [1.807, 2.05) is 0 Å². The summed E-state index contributed by atoms with van der Waals surface area (Å²) in [6.45, 7) is -0.0226. The van der Waals surface area contributed by atoms with E-state index >= 15 is 0 Å². The molecule has 23 heavy (non-hydrogen) atoms. The Balaban J connectivity index is 2.95. The van der Waals surface area contributed by atoms with Crippen molar-refractivity contribution in [3.63, 3.8) is 0 Å². The van der Waals surface area contributed by atoms with Crippen molar-refractivity contribution in [1.29, 1.82) is 0 Å². The van der Waals surface area contributed by atoms with Gasteiger partial charge in [0.15, 0.2) is 0 Å². The maximum atomic E-state index is 13.7. The van der Waals surface area contributed by atoms with E-state index in [1.54, 1.807) is 0 Å². The molecule has 0 fully saturated rings. The number of benzene rings is 1. The summed E-state index contributed by atoms with van der Waals surface area (Å²) in [4.78, 5) is 22.9. The van der Waals surface area contributed by atoms with Crippen molar-refractivity contribution in [2.24, 2.45) is 0 Å². The van der Waals surface area contributed by atoms with Gasteiger partial charge in [0.25, 0.3) is 0 Å².